The van der Waals surface area contributed by atoms with Crippen molar-refractivity contribution in [2.24, 2.45) is 5.73 Å². The molecule has 0 aliphatic heterocycles. The third-order valence-electron chi connectivity index (χ3n) is 1.97. The number of carbonyl (C=O) groups is 1. The van der Waals surface area contributed by atoms with Gasteiger partial charge in [-0.15, -0.1) is 0 Å². The molecule has 0 aliphatic rings. The van der Waals surface area contributed by atoms with Crippen LogP contribution in [0.2, 0.25) is 0 Å². The first kappa shape index (κ1) is 13.1. The fraction of sp³-hybridized carbons (Fsp3) is 0.300. The second-order valence-corrected chi connectivity index (χ2v) is 4.62. The Bertz CT molecular complexity index is 411. The summed E-state index contributed by atoms with van der Waals surface area (Å²) in [6.45, 7) is 2.72. The average Bonchev–Trinajstić information content (AvgIpc) is 2.24. The third-order valence-corrected chi connectivity index (χ3v) is 2.53. The molecule has 1 rings (SSSR count). The normalized spacial score (nSPS) is 9.88. The molecular weight excluding hydrogens is 290 g/mol. The van der Waals surface area contributed by atoms with E-state index < -0.39 is 0 Å². The molecule has 0 atom stereocenters. The quantitative estimate of drug-likeness (QED) is 0.858. The first-order valence-corrected chi connectivity index (χ1v) is 5.92. The largest absolute Gasteiger partial charge is 0.392 e. The maximum absolute atomic E-state index is 12.0. The predicted molar refractivity (Wildman–Crippen MR) is 70.3 cm³/mol. The summed E-state index contributed by atoms with van der Waals surface area (Å²) in [5, 5.41) is 0. The number of pyridine rings is 1. The molecule has 6 heteroatoms. The number of aromatic nitrogens is 1. The minimum atomic E-state index is -0.121. The van der Waals surface area contributed by atoms with Gasteiger partial charge >= 0.3 is 0 Å². The number of hydrogen-bond acceptors (Lipinski definition) is 3. The Morgan fingerprint density at radius 3 is 2.81 bits per heavy atom. The Labute approximate surface area is 108 Å². The number of rotatable bonds is 4. The van der Waals surface area contributed by atoms with E-state index in [0.717, 1.165) is 4.47 Å². The second kappa shape index (κ2) is 5.91. The minimum absolute atomic E-state index is 0.121. The Morgan fingerprint density at radius 2 is 2.31 bits per heavy atom. The van der Waals surface area contributed by atoms with Crippen molar-refractivity contribution >= 4 is 39.0 Å². The summed E-state index contributed by atoms with van der Waals surface area (Å²) in [5.41, 5.74) is 5.95. The lowest BCUT2D eigenvalue weighted by Gasteiger charge is -2.19. The lowest BCUT2D eigenvalue weighted by Crippen LogP contribution is -2.37. The molecule has 4 nitrogen and oxygen atoms in total. The van der Waals surface area contributed by atoms with Crippen molar-refractivity contribution in [3.8, 4) is 0 Å². The first-order valence-electron chi connectivity index (χ1n) is 4.72. The van der Waals surface area contributed by atoms with E-state index in [0.29, 0.717) is 17.1 Å². The topological polar surface area (TPSA) is 59.2 Å². The number of amides is 1. The molecule has 0 fully saturated rings. The minimum Gasteiger partial charge on any atom is -0.392 e. The number of likely N-dealkylation sites (N-methyl/N-ethyl adjacent to an activating group) is 1. The van der Waals surface area contributed by atoms with Gasteiger partial charge in [0.25, 0.3) is 5.91 Å². The Hall–Kier alpha value is -1.01. The number of halogens is 1. The number of nitrogens with zero attached hydrogens (tertiary/aromatic N) is 2. The Balaban J connectivity index is 2.86. The molecule has 86 valence electrons. The lowest BCUT2D eigenvalue weighted by molar-refractivity contribution is 0.0787. The van der Waals surface area contributed by atoms with Gasteiger partial charge in [-0.05, 0) is 28.9 Å². The fourth-order valence-corrected chi connectivity index (χ4v) is 1.75. The van der Waals surface area contributed by atoms with Crippen LogP contribution in [-0.2, 0) is 0 Å². The highest BCUT2D eigenvalue weighted by Gasteiger charge is 2.15. The van der Waals surface area contributed by atoms with E-state index >= 15 is 0 Å². The molecule has 0 radical (unpaired) electrons. The first-order chi connectivity index (χ1) is 7.54. The van der Waals surface area contributed by atoms with Gasteiger partial charge in [0.05, 0.1) is 17.1 Å². The van der Waals surface area contributed by atoms with Crippen LogP contribution in [0.4, 0.5) is 0 Å². The van der Waals surface area contributed by atoms with Crippen LogP contribution in [0.5, 0.6) is 0 Å². The van der Waals surface area contributed by atoms with Gasteiger partial charge < -0.3 is 10.6 Å². The summed E-state index contributed by atoms with van der Waals surface area (Å²) >= 11 is 8.06. The number of hydrogen-bond donors (Lipinski definition) is 1. The highest BCUT2D eigenvalue weighted by Crippen LogP contribution is 2.11. The molecule has 16 heavy (non-hydrogen) atoms. The summed E-state index contributed by atoms with van der Waals surface area (Å²) in [7, 11) is 0. The van der Waals surface area contributed by atoms with Crippen LogP contribution >= 0.6 is 28.1 Å². The number of carbonyl (C=O) groups excluding carboxylic acids is 1. The molecule has 1 heterocycles. The zero-order chi connectivity index (χ0) is 12.1. The molecule has 1 aromatic heterocycles. The van der Waals surface area contributed by atoms with Gasteiger partial charge in [-0.1, -0.05) is 12.2 Å². The molecule has 0 unspecified atom stereocenters. The maximum atomic E-state index is 12.0. The van der Waals surface area contributed by atoms with E-state index in [2.05, 4.69) is 20.9 Å². The van der Waals surface area contributed by atoms with Crippen LogP contribution in [0.15, 0.2) is 22.9 Å². The predicted octanol–water partition coefficient (Wildman–Crippen LogP) is 1.59. The van der Waals surface area contributed by atoms with Crippen LogP contribution in [-0.4, -0.2) is 33.9 Å². The molecule has 0 aromatic carbocycles. The third kappa shape index (κ3) is 3.53. The molecule has 0 spiro atoms. The number of nitrogens with two attached hydrogens (primary N) is 1. The van der Waals surface area contributed by atoms with Gasteiger partial charge in [0, 0.05) is 23.4 Å². The van der Waals surface area contributed by atoms with Crippen molar-refractivity contribution in [1.82, 2.24) is 9.88 Å². The Kier molecular flexibility index (Phi) is 4.82. The summed E-state index contributed by atoms with van der Waals surface area (Å²) in [4.78, 5) is 17.8. The van der Waals surface area contributed by atoms with Crippen molar-refractivity contribution in [2.45, 2.75) is 6.92 Å². The van der Waals surface area contributed by atoms with E-state index in [4.69, 9.17) is 18.0 Å². The monoisotopic (exact) mass is 301 g/mol. The molecular formula is C10H12BrN3OS. The second-order valence-electron chi connectivity index (χ2n) is 3.18. The standard InChI is InChI=1S/C10H12BrN3OS/c1-2-14(6-9(12)16)10(15)7-3-8(11)5-13-4-7/h3-5H,2,6H2,1H3,(H2,12,16). The molecule has 1 aromatic rings. The van der Waals surface area contributed by atoms with Crippen LogP contribution in [0.1, 0.15) is 17.3 Å². The number of thiocarbonyl (C=S) groups is 1. The van der Waals surface area contributed by atoms with Crippen LogP contribution < -0.4 is 5.73 Å². The van der Waals surface area contributed by atoms with Crippen molar-refractivity contribution in [2.75, 3.05) is 13.1 Å². The van der Waals surface area contributed by atoms with Crippen LogP contribution in [0.3, 0.4) is 0 Å². The average molecular weight is 302 g/mol. The molecule has 0 saturated heterocycles. The highest BCUT2D eigenvalue weighted by molar-refractivity contribution is 9.10. The van der Waals surface area contributed by atoms with Crippen molar-refractivity contribution < 1.29 is 4.79 Å². The fourth-order valence-electron chi connectivity index (χ4n) is 1.23. The van der Waals surface area contributed by atoms with Crippen LogP contribution in [0.25, 0.3) is 0 Å². The zero-order valence-electron chi connectivity index (χ0n) is 8.81. The van der Waals surface area contributed by atoms with Gasteiger partial charge in [0.1, 0.15) is 0 Å². The van der Waals surface area contributed by atoms with Crippen molar-refractivity contribution in [3.05, 3.63) is 28.5 Å². The summed E-state index contributed by atoms with van der Waals surface area (Å²) in [5.74, 6) is -0.121. The van der Waals surface area contributed by atoms with Gasteiger partial charge in [0.2, 0.25) is 0 Å². The summed E-state index contributed by atoms with van der Waals surface area (Å²) in [6, 6.07) is 1.72. The van der Waals surface area contributed by atoms with Gasteiger partial charge in [-0.25, -0.2) is 0 Å². The smallest absolute Gasteiger partial charge is 0.255 e. The van der Waals surface area contributed by atoms with E-state index in [1.807, 2.05) is 6.92 Å². The summed E-state index contributed by atoms with van der Waals surface area (Å²) < 4.78 is 0.768. The Morgan fingerprint density at radius 1 is 1.62 bits per heavy atom. The van der Waals surface area contributed by atoms with Crippen LogP contribution in [0, 0.1) is 0 Å². The van der Waals surface area contributed by atoms with Gasteiger partial charge in [-0.2, -0.15) is 0 Å². The van der Waals surface area contributed by atoms with Gasteiger partial charge in [0.15, 0.2) is 0 Å². The van der Waals surface area contributed by atoms with Crippen molar-refractivity contribution in [1.29, 1.82) is 0 Å². The summed E-state index contributed by atoms with van der Waals surface area (Å²) in [6.07, 6.45) is 3.15. The SMILES string of the molecule is CCN(CC(N)=S)C(=O)c1cncc(Br)c1. The molecule has 0 bridgehead atoms. The maximum Gasteiger partial charge on any atom is 0.255 e. The highest BCUT2D eigenvalue weighted by atomic mass is 79.9. The van der Waals surface area contributed by atoms with E-state index in [-0.39, 0.29) is 12.5 Å². The molecule has 0 aliphatic carbocycles. The lowest BCUT2D eigenvalue weighted by atomic mass is 10.2. The molecule has 1 amide bonds. The van der Waals surface area contributed by atoms with Crippen molar-refractivity contribution in [3.63, 3.8) is 0 Å². The van der Waals surface area contributed by atoms with E-state index in [9.17, 15) is 4.79 Å². The zero-order valence-corrected chi connectivity index (χ0v) is 11.2. The molecule has 0 saturated carbocycles. The van der Waals surface area contributed by atoms with E-state index in [1.54, 1.807) is 17.2 Å². The van der Waals surface area contributed by atoms with E-state index in [1.165, 1.54) is 6.20 Å². The molecule has 2 N–H and O–H groups in total. The van der Waals surface area contributed by atoms with Gasteiger partial charge in [-0.3, -0.25) is 9.78 Å².